The van der Waals surface area contributed by atoms with Crippen LogP contribution in [0.25, 0.3) is 77.5 Å². The monoisotopic (exact) mass is 752 g/mol. The van der Waals surface area contributed by atoms with Gasteiger partial charge in [0.2, 0.25) is 0 Å². The topological polar surface area (TPSA) is 44.3 Å². The molecule has 58 heavy (non-hydrogen) atoms. The van der Waals surface area contributed by atoms with E-state index >= 15 is 0 Å². The van der Waals surface area contributed by atoms with Gasteiger partial charge >= 0.3 is 0 Å². The average molecular weight is 753 g/mol. The Hall–Kier alpha value is -6.72. The molecular weight excluding hydrogens is 709 g/mol. The number of pyridine rings is 2. The first-order valence-electron chi connectivity index (χ1n) is 20.5. The van der Waals surface area contributed by atoms with Crippen LogP contribution in [0, 0.1) is 25.7 Å². The largest absolute Gasteiger partial charge is 0.457 e. The van der Waals surface area contributed by atoms with Crippen LogP contribution in [0.2, 0.25) is 0 Å². The first kappa shape index (κ1) is 34.5. The summed E-state index contributed by atoms with van der Waals surface area (Å²) < 4.78 is 11.6. The molecule has 10 aromatic rings. The zero-order valence-corrected chi connectivity index (χ0v) is 33.7. The van der Waals surface area contributed by atoms with E-state index in [1.54, 1.807) is 0 Å². The van der Waals surface area contributed by atoms with Crippen molar-refractivity contribution >= 4 is 49.1 Å². The predicted octanol–water partition coefficient (Wildman–Crippen LogP) is 13.8. The fourth-order valence-corrected chi connectivity index (χ4v) is 10.6. The second-order valence-electron chi connectivity index (χ2n) is 16.7. The molecule has 0 bridgehead atoms. The summed E-state index contributed by atoms with van der Waals surface area (Å²) in [6.45, 7) is 13.8. The zero-order valence-electron chi connectivity index (χ0n) is 33.7. The quantitative estimate of drug-likeness (QED) is 0.159. The molecule has 0 amide bonds. The van der Waals surface area contributed by atoms with Crippen molar-refractivity contribution in [3.05, 3.63) is 168 Å². The normalized spacial score (nSPS) is 13.4. The Morgan fingerprint density at radius 2 is 1.19 bits per heavy atom. The minimum Gasteiger partial charge on any atom is -0.457 e. The van der Waals surface area contributed by atoms with Gasteiger partial charge in [0.25, 0.3) is 0 Å². The summed E-state index contributed by atoms with van der Waals surface area (Å²) in [6.07, 6.45) is 1.93. The summed E-state index contributed by atoms with van der Waals surface area (Å²) in [5, 5.41) is 5.79. The van der Waals surface area contributed by atoms with Crippen LogP contribution in [-0.4, -0.2) is 18.9 Å². The number of ether oxygens (including phenoxy) is 1. The highest BCUT2D eigenvalue weighted by atomic mass is 16.5. The summed E-state index contributed by atoms with van der Waals surface area (Å²) in [5.41, 5.74) is 13.6. The number of nitrogens with zero attached hydrogens (tertiary/aromatic N) is 4. The van der Waals surface area contributed by atoms with Crippen LogP contribution in [0.4, 0.5) is 0 Å². The van der Waals surface area contributed by atoms with Crippen LogP contribution in [0.1, 0.15) is 49.9 Å². The molecule has 11 rings (SSSR count). The Morgan fingerprint density at radius 1 is 0.552 bits per heavy atom. The van der Waals surface area contributed by atoms with Gasteiger partial charge in [-0.05, 0) is 90.2 Å². The van der Waals surface area contributed by atoms with Crippen LogP contribution in [0.3, 0.4) is 0 Å². The Balaban J connectivity index is 1.13. The molecule has 1 aliphatic heterocycles. The van der Waals surface area contributed by atoms with Crippen molar-refractivity contribution in [3.63, 3.8) is 0 Å². The minimum atomic E-state index is -0.168. The highest BCUT2D eigenvalue weighted by molar-refractivity contribution is 6.14. The number of aromatic nitrogens is 4. The lowest BCUT2D eigenvalue weighted by Gasteiger charge is -2.46. The molecule has 282 valence electrons. The SMILES string of the molecule is Cc1ccccc1-c1nc2c3cc(Oc4ccc5c6cccc7c6n(c5c4)-c4ncccc4C7(C(C)C)C(C)C)ccc3c3ccccc3n2c1-c1ccccc1C. The summed E-state index contributed by atoms with van der Waals surface area (Å²) >= 11 is 0. The van der Waals surface area contributed by atoms with E-state index < -0.39 is 0 Å². The molecule has 0 spiro atoms. The van der Waals surface area contributed by atoms with Gasteiger partial charge in [0.15, 0.2) is 0 Å². The standard InChI is InChI=1S/C53H44N4O/c1-31(2)53(32(3)4)44-21-13-20-42-41-27-25-36(30-47(41)57(49(42)44)52-45(53)22-14-28-54-52)58-35-24-26-39-40-19-11-12-23-46(40)56-50(38-18-10-8-16-34(38)6)48(55-51(56)43(39)29-35)37-17-9-7-15-33(37)5/h7-32H,1-6H3. The first-order valence-corrected chi connectivity index (χ1v) is 20.5. The highest BCUT2D eigenvalue weighted by Crippen LogP contribution is 2.54. The van der Waals surface area contributed by atoms with E-state index in [9.17, 15) is 0 Å². The smallest absolute Gasteiger partial charge is 0.146 e. The van der Waals surface area contributed by atoms with Gasteiger partial charge in [-0.15, -0.1) is 0 Å². The molecule has 6 aromatic carbocycles. The number of imidazole rings is 1. The van der Waals surface area contributed by atoms with Gasteiger partial charge in [-0.25, -0.2) is 9.97 Å². The molecule has 0 aliphatic carbocycles. The molecule has 1 aliphatic rings. The third-order valence-electron chi connectivity index (χ3n) is 13.1. The second kappa shape index (κ2) is 12.6. The maximum atomic E-state index is 6.88. The fraction of sp³-hybridized carbons (Fsp3) is 0.170. The lowest BCUT2D eigenvalue weighted by atomic mass is 9.59. The van der Waals surface area contributed by atoms with E-state index in [1.807, 2.05) is 6.20 Å². The Morgan fingerprint density at radius 3 is 1.95 bits per heavy atom. The van der Waals surface area contributed by atoms with Crippen molar-refractivity contribution in [2.45, 2.75) is 47.0 Å². The molecule has 4 aromatic heterocycles. The van der Waals surface area contributed by atoms with E-state index in [2.05, 4.69) is 190 Å². The lowest BCUT2D eigenvalue weighted by molar-refractivity contribution is 0.271. The molecule has 0 saturated heterocycles. The van der Waals surface area contributed by atoms with Gasteiger partial charge < -0.3 is 4.74 Å². The van der Waals surface area contributed by atoms with E-state index in [0.29, 0.717) is 11.8 Å². The van der Waals surface area contributed by atoms with Crippen LogP contribution >= 0.6 is 0 Å². The lowest BCUT2D eigenvalue weighted by Crippen LogP contribution is -2.42. The third kappa shape index (κ3) is 4.64. The molecule has 5 heterocycles. The molecule has 0 N–H and O–H groups in total. The number of hydrogen-bond donors (Lipinski definition) is 0. The maximum absolute atomic E-state index is 6.88. The van der Waals surface area contributed by atoms with E-state index in [1.165, 1.54) is 49.5 Å². The number of aryl methyl sites for hydroxylation is 2. The van der Waals surface area contributed by atoms with Gasteiger partial charge in [0.1, 0.15) is 23.0 Å². The van der Waals surface area contributed by atoms with E-state index in [-0.39, 0.29) is 5.41 Å². The number of rotatable bonds is 6. The molecule has 0 unspecified atom stereocenters. The average Bonchev–Trinajstić information content (AvgIpc) is 3.79. The number of fused-ring (bicyclic) bond motifs is 11. The summed E-state index contributed by atoms with van der Waals surface area (Å²) in [6, 6.07) is 50.1. The van der Waals surface area contributed by atoms with Crippen molar-refractivity contribution in [2.24, 2.45) is 11.8 Å². The summed E-state index contributed by atoms with van der Waals surface area (Å²) in [5.74, 6) is 3.29. The van der Waals surface area contributed by atoms with Gasteiger partial charge in [-0.3, -0.25) is 8.97 Å². The van der Waals surface area contributed by atoms with Crippen molar-refractivity contribution in [1.29, 1.82) is 0 Å². The molecule has 0 saturated carbocycles. The van der Waals surface area contributed by atoms with Gasteiger partial charge in [-0.1, -0.05) is 119 Å². The second-order valence-corrected chi connectivity index (χ2v) is 16.7. The first-order chi connectivity index (χ1) is 28.3. The molecular formula is C53H44N4O. The highest BCUT2D eigenvalue weighted by Gasteiger charge is 2.47. The van der Waals surface area contributed by atoms with Gasteiger partial charge in [0, 0.05) is 55.9 Å². The van der Waals surface area contributed by atoms with E-state index in [4.69, 9.17) is 14.7 Å². The van der Waals surface area contributed by atoms with Gasteiger partial charge in [0.05, 0.1) is 27.9 Å². The molecule has 5 nitrogen and oxygen atoms in total. The van der Waals surface area contributed by atoms with Crippen molar-refractivity contribution in [2.75, 3.05) is 0 Å². The number of para-hydroxylation sites is 2. The summed E-state index contributed by atoms with van der Waals surface area (Å²) in [7, 11) is 0. The van der Waals surface area contributed by atoms with Crippen molar-refractivity contribution in [1.82, 2.24) is 18.9 Å². The molecule has 0 radical (unpaired) electrons. The Kier molecular flexibility index (Phi) is 7.52. The number of hydrogen-bond acceptors (Lipinski definition) is 3. The zero-order chi connectivity index (χ0) is 39.4. The third-order valence-corrected chi connectivity index (χ3v) is 13.1. The molecule has 5 heteroatoms. The van der Waals surface area contributed by atoms with Gasteiger partial charge in [-0.2, -0.15) is 0 Å². The minimum absolute atomic E-state index is 0.168. The van der Waals surface area contributed by atoms with Crippen molar-refractivity contribution < 1.29 is 4.74 Å². The fourth-order valence-electron chi connectivity index (χ4n) is 10.6. The van der Waals surface area contributed by atoms with Crippen LogP contribution in [-0.2, 0) is 5.41 Å². The van der Waals surface area contributed by atoms with E-state index in [0.717, 1.165) is 61.7 Å². The Bertz CT molecular complexity index is 3300. The predicted molar refractivity (Wildman–Crippen MR) is 240 cm³/mol. The van der Waals surface area contributed by atoms with Crippen LogP contribution in [0.15, 0.2) is 146 Å². The number of benzene rings is 6. The maximum Gasteiger partial charge on any atom is 0.146 e. The summed E-state index contributed by atoms with van der Waals surface area (Å²) in [4.78, 5) is 10.6. The molecule has 0 atom stereocenters. The Labute approximate surface area is 338 Å². The van der Waals surface area contributed by atoms with Crippen LogP contribution < -0.4 is 4.74 Å². The van der Waals surface area contributed by atoms with Crippen molar-refractivity contribution in [3.8, 4) is 39.8 Å². The molecule has 0 fully saturated rings. The van der Waals surface area contributed by atoms with Crippen LogP contribution in [0.5, 0.6) is 11.5 Å².